The fraction of sp³-hybridized carbons (Fsp3) is 0.929. The molecule has 0 atom stereocenters. The van der Waals surface area contributed by atoms with Gasteiger partial charge in [-0.15, -0.1) is 0 Å². The molecule has 0 rings (SSSR count). The minimum atomic E-state index is -0.201. The monoisotopic (exact) mass is 228 g/mol. The van der Waals surface area contributed by atoms with Gasteiger partial charge in [0.1, 0.15) is 0 Å². The van der Waals surface area contributed by atoms with Crippen molar-refractivity contribution in [3.63, 3.8) is 0 Å². The Morgan fingerprint density at radius 2 is 1.31 bits per heavy atom. The minimum absolute atomic E-state index is 0.0416. The Bertz CT molecular complexity index is 170. The average molecular weight is 228 g/mol. The molecule has 0 amide bonds. The SMILES string of the molecule is CCCOC(=O)C(CCC)(CCC)CCC. The lowest BCUT2D eigenvalue weighted by molar-refractivity contribution is -0.157. The molecule has 0 radical (unpaired) electrons. The third-order valence-electron chi connectivity index (χ3n) is 3.06. The van der Waals surface area contributed by atoms with Gasteiger partial charge >= 0.3 is 5.97 Å². The summed E-state index contributed by atoms with van der Waals surface area (Å²) >= 11 is 0. The molecule has 0 saturated carbocycles. The maximum absolute atomic E-state index is 12.2. The Labute approximate surface area is 101 Å². The molecule has 16 heavy (non-hydrogen) atoms. The first kappa shape index (κ1) is 15.5. The van der Waals surface area contributed by atoms with Crippen molar-refractivity contribution in [3.05, 3.63) is 0 Å². The van der Waals surface area contributed by atoms with E-state index in [1.165, 1.54) is 0 Å². The molecule has 0 aliphatic heterocycles. The lowest BCUT2D eigenvalue weighted by atomic mass is 9.75. The van der Waals surface area contributed by atoms with Crippen molar-refractivity contribution in [1.29, 1.82) is 0 Å². The van der Waals surface area contributed by atoms with Gasteiger partial charge in [0.15, 0.2) is 0 Å². The van der Waals surface area contributed by atoms with E-state index in [2.05, 4.69) is 20.8 Å². The summed E-state index contributed by atoms with van der Waals surface area (Å²) in [6, 6.07) is 0. The van der Waals surface area contributed by atoms with Crippen LogP contribution >= 0.6 is 0 Å². The first-order valence-corrected chi connectivity index (χ1v) is 6.84. The number of esters is 1. The highest BCUT2D eigenvalue weighted by atomic mass is 16.5. The average Bonchev–Trinajstić information content (AvgIpc) is 2.26. The largest absolute Gasteiger partial charge is 0.465 e. The van der Waals surface area contributed by atoms with Gasteiger partial charge in [0, 0.05) is 0 Å². The van der Waals surface area contributed by atoms with Crippen molar-refractivity contribution >= 4 is 5.97 Å². The van der Waals surface area contributed by atoms with Gasteiger partial charge in [0.05, 0.1) is 12.0 Å². The molecule has 0 bridgehead atoms. The van der Waals surface area contributed by atoms with Crippen LogP contribution in [-0.2, 0) is 9.53 Å². The molecule has 0 aromatic carbocycles. The minimum Gasteiger partial charge on any atom is -0.465 e. The first-order chi connectivity index (χ1) is 7.66. The Hall–Kier alpha value is -0.530. The van der Waals surface area contributed by atoms with Gasteiger partial charge in [-0.05, 0) is 25.7 Å². The summed E-state index contributed by atoms with van der Waals surface area (Å²) < 4.78 is 5.38. The van der Waals surface area contributed by atoms with Crippen LogP contribution in [0.15, 0.2) is 0 Å². The number of hydrogen-bond acceptors (Lipinski definition) is 2. The molecule has 2 nitrogen and oxygen atoms in total. The van der Waals surface area contributed by atoms with Crippen molar-refractivity contribution in [1.82, 2.24) is 0 Å². The van der Waals surface area contributed by atoms with Gasteiger partial charge in [-0.1, -0.05) is 47.0 Å². The van der Waals surface area contributed by atoms with E-state index in [9.17, 15) is 4.79 Å². The Morgan fingerprint density at radius 3 is 1.62 bits per heavy atom. The van der Waals surface area contributed by atoms with Gasteiger partial charge in [-0.3, -0.25) is 4.79 Å². The fourth-order valence-electron chi connectivity index (χ4n) is 2.46. The van der Waals surface area contributed by atoms with Crippen LogP contribution in [0.5, 0.6) is 0 Å². The molecule has 0 heterocycles. The molecule has 0 spiro atoms. The summed E-state index contributed by atoms with van der Waals surface area (Å²) in [5, 5.41) is 0. The molecule has 0 N–H and O–H groups in total. The Kier molecular flexibility index (Phi) is 8.32. The lowest BCUT2D eigenvalue weighted by Gasteiger charge is -2.30. The molecule has 0 aromatic heterocycles. The highest BCUT2D eigenvalue weighted by Gasteiger charge is 2.37. The smallest absolute Gasteiger partial charge is 0.312 e. The van der Waals surface area contributed by atoms with E-state index in [1.54, 1.807) is 0 Å². The molecular formula is C14H28O2. The number of ether oxygens (including phenoxy) is 1. The molecule has 0 fully saturated rings. The highest BCUT2D eigenvalue weighted by Crippen LogP contribution is 2.36. The van der Waals surface area contributed by atoms with Crippen molar-refractivity contribution < 1.29 is 9.53 Å². The molecule has 0 saturated heterocycles. The van der Waals surface area contributed by atoms with Crippen LogP contribution in [0.4, 0.5) is 0 Å². The lowest BCUT2D eigenvalue weighted by Crippen LogP contribution is -2.33. The quantitative estimate of drug-likeness (QED) is 0.549. The van der Waals surface area contributed by atoms with Crippen LogP contribution in [0.25, 0.3) is 0 Å². The summed E-state index contributed by atoms with van der Waals surface area (Å²) in [5.41, 5.74) is -0.201. The van der Waals surface area contributed by atoms with E-state index in [1.807, 2.05) is 6.92 Å². The standard InChI is InChI=1S/C14H28O2/c1-5-9-14(10-6-2,11-7-3)13(15)16-12-8-4/h5-12H2,1-4H3. The molecule has 0 unspecified atom stereocenters. The molecule has 2 heteroatoms. The summed E-state index contributed by atoms with van der Waals surface area (Å²) in [6.45, 7) is 9.04. The van der Waals surface area contributed by atoms with Crippen LogP contribution in [0.2, 0.25) is 0 Å². The zero-order valence-electron chi connectivity index (χ0n) is 11.5. The molecule has 0 aliphatic rings. The van der Waals surface area contributed by atoms with Gasteiger partial charge < -0.3 is 4.74 Å². The van der Waals surface area contributed by atoms with E-state index in [0.29, 0.717) is 6.61 Å². The highest BCUT2D eigenvalue weighted by molar-refractivity contribution is 5.76. The molecule has 0 aliphatic carbocycles. The van der Waals surface area contributed by atoms with E-state index in [0.717, 1.165) is 44.9 Å². The normalized spacial score (nSPS) is 11.5. The van der Waals surface area contributed by atoms with Crippen LogP contribution < -0.4 is 0 Å². The second-order valence-electron chi connectivity index (χ2n) is 4.67. The summed E-state index contributed by atoms with van der Waals surface area (Å²) in [5.74, 6) is 0.0416. The van der Waals surface area contributed by atoms with E-state index < -0.39 is 0 Å². The summed E-state index contributed by atoms with van der Waals surface area (Å²) in [4.78, 5) is 12.2. The van der Waals surface area contributed by atoms with E-state index >= 15 is 0 Å². The zero-order valence-corrected chi connectivity index (χ0v) is 11.5. The van der Waals surface area contributed by atoms with Crippen molar-refractivity contribution in [2.45, 2.75) is 72.6 Å². The fourth-order valence-corrected chi connectivity index (χ4v) is 2.46. The molecule has 96 valence electrons. The second-order valence-corrected chi connectivity index (χ2v) is 4.67. The zero-order chi connectivity index (χ0) is 12.4. The van der Waals surface area contributed by atoms with Gasteiger partial charge in [-0.25, -0.2) is 0 Å². The first-order valence-electron chi connectivity index (χ1n) is 6.84. The maximum Gasteiger partial charge on any atom is 0.312 e. The van der Waals surface area contributed by atoms with Crippen LogP contribution in [0, 0.1) is 5.41 Å². The van der Waals surface area contributed by atoms with Crippen molar-refractivity contribution in [2.75, 3.05) is 6.61 Å². The third kappa shape index (κ3) is 4.54. The maximum atomic E-state index is 12.2. The topological polar surface area (TPSA) is 26.3 Å². The van der Waals surface area contributed by atoms with E-state index in [4.69, 9.17) is 4.74 Å². The van der Waals surface area contributed by atoms with Crippen molar-refractivity contribution in [2.24, 2.45) is 5.41 Å². The van der Waals surface area contributed by atoms with Crippen molar-refractivity contribution in [3.8, 4) is 0 Å². The number of carbonyl (C=O) groups is 1. The second kappa shape index (κ2) is 8.60. The van der Waals surface area contributed by atoms with Gasteiger partial charge in [0.25, 0.3) is 0 Å². The number of carbonyl (C=O) groups excluding carboxylic acids is 1. The number of hydrogen-bond donors (Lipinski definition) is 0. The third-order valence-corrected chi connectivity index (χ3v) is 3.06. The predicted octanol–water partition coefficient (Wildman–Crippen LogP) is 4.33. The summed E-state index contributed by atoms with van der Waals surface area (Å²) in [6.07, 6.45) is 6.99. The molecule has 0 aromatic rings. The van der Waals surface area contributed by atoms with Crippen LogP contribution in [0.1, 0.15) is 72.6 Å². The predicted molar refractivity (Wildman–Crippen MR) is 68.4 cm³/mol. The van der Waals surface area contributed by atoms with Crippen LogP contribution in [0.3, 0.4) is 0 Å². The Morgan fingerprint density at radius 1 is 0.875 bits per heavy atom. The van der Waals surface area contributed by atoms with Gasteiger partial charge in [-0.2, -0.15) is 0 Å². The van der Waals surface area contributed by atoms with Gasteiger partial charge in [0.2, 0.25) is 0 Å². The number of rotatable bonds is 9. The Balaban J connectivity index is 4.62. The molecular weight excluding hydrogens is 200 g/mol. The van der Waals surface area contributed by atoms with E-state index in [-0.39, 0.29) is 11.4 Å². The van der Waals surface area contributed by atoms with Crippen LogP contribution in [-0.4, -0.2) is 12.6 Å². The summed E-state index contributed by atoms with van der Waals surface area (Å²) in [7, 11) is 0.